The molecule has 0 aliphatic heterocycles. The summed E-state index contributed by atoms with van der Waals surface area (Å²) in [6, 6.07) is -0.185. The van der Waals surface area contributed by atoms with E-state index in [0.29, 0.717) is 0 Å². The van der Waals surface area contributed by atoms with Crippen LogP contribution in [-0.2, 0) is 0 Å². The van der Waals surface area contributed by atoms with Crippen molar-refractivity contribution in [1.82, 2.24) is 5.32 Å². The van der Waals surface area contributed by atoms with Crippen molar-refractivity contribution in [1.29, 1.82) is 0 Å². The van der Waals surface area contributed by atoms with Gasteiger partial charge in [-0.25, -0.2) is 4.79 Å². The van der Waals surface area contributed by atoms with Crippen LogP contribution in [0, 0.1) is 0 Å². The summed E-state index contributed by atoms with van der Waals surface area (Å²) in [5.41, 5.74) is 5.82. The molecule has 0 spiro atoms. The van der Waals surface area contributed by atoms with E-state index in [1.54, 1.807) is 0 Å². The molecule has 74 valence electrons. The zero-order chi connectivity index (χ0) is 9.68. The molecule has 13 heavy (non-hydrogen) atoms. The Morgan fingerprint density at radius 3 is 3.00 bits per heavy atom. The van der Waals surface area contributed by atoms with Crippen molar-refractivity contribution in [2.45, 2.75) is 37.8 Å². The molecule has 0 saturated heterocycles. The molecule has 4 nitrogen and oxygen atoms in total. The maximum absolute atomic E-state index is 10.4. The van der Waals surface area contributed by atoms with Gasteiger partial charge >= 0.3 is 6.09 Å². The van der Waals surface area contributed by atoms with Gasteiger partial charge in [-0.05, 0) is 25.7 Å². The molecule has 0 heterocycles. The maximum Gasteiger partial charge on any atom is 0.404 e. The van der Waals surface area contributed by atoms with Gasteiger partial charge in [-0.3, -0.25) is 0 Å². The van der Waals surface area contributed by atoms with Gasteiger partial charge in [0.2, 0.25) is 0 Å². The molecule has 0 fully saturated rings. The highest BCUT2D eigenvalue weighted by atomic mass is 16.4. The zero-order valence-electron chi connectivity index (χ0n) is 7.57. The molecule has 1 aliphatic carbocycles. The first-order valence-corrected chi connectivity index (χ1v) is 4.60. The predicted octanol–water partition coefficient (Wildman–Crippen LogP) is 1.08. The number of hydrogen-bond acceptors (Lipinski definition) is 2. The topological polar surface area (TPSA) is 75.3 Å². The quantitative estimate of drug-likeness (QED) is 0.534. The van der Waals surface area contributed by atoms with E-state index in [0.717, 1.165) is 25.7 Å². The summed E-state index contributed by atoms with van der Waals surface area (Å²) in [6.07, 6.45) is 6.75. The Morgan fingerprint density at radius 2 is 2.31 bits per heavy atom. The first-order valence-electron chi connectivity index (χ1n) is 4.60. The van der Waals surface area contributed by atoms with Crippen LogP contribution in [0.4, 0.5) is 4.79 Å². The minimum Gasteiger partial charge on any atom is -0.465 e. The number of carboxylic acid groups (broad SMARTS) is 1. The summed E-state index contributed by atoms with van der Waals surface area (Å²) in [6.45, 7) is 0. The first kappa shape index (κ1) is 10.1. The molecule has 4 N–H and O–H groups in total. The number of allylic oxidation sites excluding steroid dienone is 1. The van der Waals surface area contributed by atoms with E-state index in [2.05, 4.69) is 11.4 Å². The van der Waals surface area contributed by atoms with Crippen molar-refractivity contribution in [3.63, 3.8) is 0 Å². The fraction of sp³-hybridized carbons (Fsp3) is 0.667. The fourth-order valence-electron chi connectivity index (χ4n) is 1.54. The minimum atomic E-state index is -0.981. The Bertz CT molecular complexity index is 204. The summed E-state index contributed by atoms with van der Waals surface area (Å²) >= 11 is 0. The van der Waals surface area contributed by atoms with E-state index < -0.39 is 6.09 Å². The van der Waals surface area contributed by atoms with Crippen LogP contribution >= 0.6 is 0 Å². The Kier molecular flexibility index (Phi) is 3.76. The molecule has 1 rings (SSSR count). The second-order valence-electron chi connectivity index (χ2n) is 3.36. The van der Waals surface area contributed by atoms with Crippen LogP contribution < -0.4 is 11.1 Å². The molecule has 0 aromatic rings. The second-order valence-corrected chi connectivity index (χ2v) is 3.36. The molecule has 0 unspecified atom stereocenters. The van der Waals surface area contributed by atoms with Gasteiger partial charge in [0.05, 0.1) is 0 Å². The lowest BCUT2D eigenvalue weighted by Gasteiger charge is -2.23. The lowest BCUT2D eigenvalue weighted by atomic mass is 9.97. The average molecular weight is 184 g/mol. The Morgan fingerprint density at radius 1 is 1.54 bits per heavy atom. The molecule has 0 bridgehead atoms. The molecule has 1 aliphatic rings. The van der Waals surface area contributed by atoms with E-state index in [4.69, 9.17) is 10.8 Å². The lowest BCUT2D eigenvalue weighted by molar-refractivity contribution is 0.186. The number of carbonyl (C=O) groups is 1. The highest BCUT2D eigenvalue weighted by Crippen LogP contribution is 2.11. The fourth-order valence-corrected chi connectivity index (χ4v) is 1.54. The molecule has 0 saturated carbocycles. The van der Waals surface area contributed by atoms with Crippen molar-refractivity contribution >= 4 is 6.09 Å². The van der Waals surface area contributed by atoms with E-state index in [9.17, 15) is 4.79 Å². The van der Waals surface area contributed by atoms with E-state index in [1.165, 1.54) is 0 Å². The number of hydrogen-bond donors (Lipinski definition) is 3. The van der Waals surface area contributed by atoms with E-state index in [1.807, 2.05) is 6.08 Å². The van der Waals surface area contributed by atoms with Crippen molar-refractivity contribution < 1.29 is 9.90 Å². The van der Waals surface area contributed by atoms with Gasteiger partial charge < -0.3 is 16.2 Å². The summed E-state index contributed by atoms with van der Waals surface area (Å²) in [7, 11) is 0. The zero-order valence-corrected chi connectivity index (χ0v) is 7.57. The molecular formula is C9H16N2O2. The normalized spacial score (nSPS) is 31.5. The van der Waals surface area contributed by atoms with Crippen molar-refractivity contribution in [3.05, 3.63) is 12.2 Å². The Balaban J connectivity index is 2.49. The molecule has 0 aromatic heterocycles. The third-order valence-corrected chi connectivity index (χ3v) is 2.29. The van der Waals surface area contributed by atoms with Crippen molar-refractivity contribution in [2.24, 2.45) is 5.73 Å². The van der Waals surface area contributed by atoms with Gasteiger partial charge in [-0.2, -0.15) is 0 Å². The molecule has 0 radical (unpaired) electrons. The van der Waals surface area contributed by atoms with Gasteiger partial charge in [0.25, 0.3) is 0 Å². The molecular weight excluding hydrogens is 168 g/mol. The third kappa shape index (κ3) is 3.46. The summed E-state index contributed by atoms with van der Waals surface area (Å²) in [4.78, 5) is 10.4. The van der Waals surface area contributed by atoms with Crippen LogP contribution in [0.15, 0.2) is 12.2 Å². The monoisotopic (exact) mass is 184 g/mol. The number of rotatable bonds is 1. The van der Waals surface area contributed by atoms with Crippen molar-refractivity contribution in [2.75, 3.05) is 0 Å². The smallest absolute Gasteiger partial charge is 0.404 e. The lowest BCUT2D eigenvalue weighted by Crippen LogP contribution is -2.47. The van der Waals surface area contributed by atoms with Crippen LogP contribution in [0.25, 0.3) is 0 Å². The standard InChI is InChI=1S/C9H16N2O2/c10-7-5-3-1-2-4-6-8(7)11-9(12)13/h1,3,7-8,11H,2,4-6,10H2,(H,12,13)/b3-1+/t7-,8+/m0/s1. The van der Waals surface area contributed by atoms with Gasteiger partial charge in [-0.15, -0.1) is 0 Å². The first-order chi connectivity index (χ1) is 6.20. The highest BCUT2D eigenvalue weighted by molar-refractivity contribution is 5.64. The molecule has 0 aromatic carbocycles. The minimum absolute atomic E-state index is 0.0901. The molecule has 2 atom stereocenters. The van der Waals surface area contributed by atoms with Gasteiger partial charge in [0.15, 0.2) is 0 Å². The Labute approximate surface area is 77.8 Å². The van der Waals surface area contributed by atoms with Crippen LogP contribution in [0.5, 0.6) is 0 Å². The predicted molar refractivity (Wildman–Crippen MR) is 50.5 cm³/mol. The summed E-state index contributed by atoms with van der Waals surface area (Å²) in [5.74, 6) is 0. The highest BCUT2D eigenvalue weighted by Gasteiger charge is 2.18. The van der Waals surface area contributed by atoms with E-state index in [-0.39, 0.29) is 12.1 Å². The molecule has 1 amide bonds. The van der Waals surface area contributed by atoms with Gasteiger partial charge in [0, 0.05) is 12.1 Å². The second kappa shape index (κ2) is 4.87. The summed E-state index contributed by atoms with van der Waals surface area (Å²) in [5, 5.41) is 11.0. The Hall–Kier alpha value is -1.03. The number of nitrogens with one attached hydrogen (secondary N) is 1. The molecule has 4 heteroatoms. The van der Waals surface area contributed by atoms with Crippen molar-refractivity contribution in [3.8, 4) is 0 Å². The van der Waals surface area contributed by atoms with Crippen LogP contribution in [0.2, 0.25) is 0 Å². The largest absolute Gasteiger partial charge is 0.465 e. The SMILES string of the molecule is N[C@H]1C/C=C/CCC[C@H]1NC(=O)O. The van der Waals surface area contributed by atoms with Gasteiger partial charge in [0.1, 0.15) is 0 Å². The van der Waals surface area contributed by atoms with Gasteiger partial charge in [-0.1, -0.05) is 12.2 Å². The number of nitrogens with two attached hydrogens (primary N) is 1. The van der Waals surface area contributed by atoms with Crippen LogP contribution in [0.3, 0.4) is 0 Å². The van der Waals surface area contributed by atoms with Crippen LogP contribution in [-0.4, -0.2) is 23.3 Å². The van der Waals surface area contributed by atoms with Crippen LogP contribution in [0.1, 0.15) is 25.7 Å². The average Bonchev–Trinajstić information content (AvgIpc) is 2.04. The van der Waals surface area contributed by atoms with E-state index >= 15 is 0 Å². The third-order valence-electron chi connectivity index (χ3n) is 2.29. The maximum atomic E-state index is 10.4. The number of amides is 1. The summed E-state index contributed by atoms with van der Waals surface area (Å²) < 4.78 is 0.